The summed E-state index contributed by atoms with van der Waals surface area (Å²) in [5.41, 5.74) is 1.55. The monoisotopic (exact) mass is 395 g/mol. The quantitative estimate of drug-likeness (QED) is 0.657. The summed E-state index contributed by atoms with van der Waals surface area (Å²) in [6, 6.07) is 13.5. The van der Waals surface area contributed by atoms with Crippen molar-refractivity contribution < 1.29 is 18.4 Å². The Hall–Kier alpha value is -3.22. The number of likely N-dealkylation sites (tertiary alicyclic amines) is 1. The normalized spacial score (nSPS) is 16.6. The standard InChI is InChI=1S/C22H22FN3O3/c1-28-19-7-3-2-6-18(19)22-24-21(25-29-22)16-5-4-12-26(14-16)20(27)13-15-8-10-17(23)11-9-15/h2-3,6-11,16H,4-5,12-14H2,1H3/t16-/m1/s1. The van der Waals surface area contributed by atoms with Crippen LogP contribution >= 0.6 is 0 Å². The van der Waals surface area contributed by atoms with Gasteiger partial charge < -0.3 is 14.2 Å². The summed E-state index contributed by atoms with van der Waals surface area (Å²) in [4.78, 5) is 19.1. The number of rotatable bonds is 5. The second-order valence-electron chi connectivity index (χ2n) is 7.14. The number of piperidine rings is 1. The number of benzene rings is 2. The topological polar surface area (TPSA) is 68.5 Å². The molecule has 1 atom stereocenters. The molecule has 0 radical (unpaired) electrons. The van der Waals surface area contributed by atoms with Crippen molar-refractivity contribution in [3.8, 4) is 17.2 Å². The van der Waals surface area contributed by atoms with Crippen LogP contribution in [0.3, 0.4) is 0 Å². The third-order valence-electron chi connectivity index (χ3n) is 5.19. The number of halogens is 1. The van der Waals surface area contributed by atoms with Crippen molar-refractivity contribution in [2.24, 2.45) is 0 Å². The van der Waals surface area contributed by atoms with Gasteiger partial charge in [-0.1, -0.05) is 29.4 Å². The Morgan fingerprint density at radius 1 is 1.24 bits per heavy atom. The van der Waals surface area contributed by atoms with E-state index in [0.29, 0.717) is 30.6 Å². The number of ether oxygens (including phenoxy) is 1. The largest absolute Gasteiger partial charge is 0.496 e. The summed E-state index contributed by atoms with van der Waals surface area (Å²) in [6.07, 6.45) is 2.02. The highest BCUT2D eigenvalue weighted by Gasteiger charge is 2.28. The number of nitrogens with zero attached hydrogens (tertiary/aromatic N) is 3. The van der Waals surface area contributed by atoms with Gasteiger partial charge >= 0.3 is 0 Å². The zero-order valence-corrected chi connectivity index (χ0v) is 16.2. The first-order valence-corrected chi connectivity index (χ1v) is 9.63. The van der Waals surface area contributed by atoms with Gasteiger partial charge in [0.15, 0.2) is 5.82 Å². The number of amides is 1. The Morgan fingerprint density at radius 3 is 2.83 bits per heavy atom. The second-order valence-corrected chi connectivity index (χ2v) is 7.14. The third kappa shape index (κ3) is 4.29. The van der Waals surface area contributed by atoms with Gasteiger partial charge in [-0.2, -0.15) is 4.98 Å². The molecule has 6 nitrogen and oxygen atoms in total. The van der Waals surface area contributed by atoms with E-state index in [1.54, 1.807) is 19.2 Å². The van der Waals surface area contributed by atoms with Crippen LogP contribution in [-0.4, -0.2) is 41.1 Å². The maximum absolute atomic E-state index is 13.1. The highest BCUT2D eigenvalue weighted by atomic mass is 19.1. The van der Waals surface area contributed by atoms with Gasteiger partial charge in [0.2, 0.25) is 5.91 Å². The van der Waals surface area contributed by atoms with Crippen molar-refractivity contribution in [3.63, 3.8) is 0 Å². The Balaban J connectivity index is 1.45. The molecule has 1 fully saturated rings. The van der Waals surface area contributed by atoms with Crippen molar-refractivity contribution >= 4 is 5.91 Å². The van der Waals surface area contributed by atoms with Crippen LogP contribution in [0.4, 0.5) is 4.39 Å². The SMILES string of the molecule is COc1ccccc1-c1nc([C@@H]2CCCN(C(=O)Cc3ccc(F)cc3)C2)no1. The molecule has 0 saturated carbocycles. The predicted molar refractivity (Wildman–Crippen MR) is 105 cm³/mol. The number of para-hydroxylation sites is 1. The molecule has 2 aromatic carbocycles. The molecule has 0 spiro atoms. The Kier molecular flexibility index (Phi) is 5.55. The van der Waals surface area contributed by atoms with E-state index < -0.39 is 0 Å². The molecule has 0 aliphatic carbocycles. The van der Waals surface area contributed by atoms with Crippen LogP contribution in [0.2, 0.25) is 0 Å². The van der Waals surface area contributed by atoms with Crippen LogP contribution < -0.4 is 4.74 Å². The molecule has 7 heteroatoms. The van der Waals surface area contributed by atoms with Crippen LogP contribution in [0.5, 0.6) is 5.75 Å². The van der Waals surface area contributed by atoms with E-state index >= 15 is 0 Å². The van der Waals surface area contributed by atoms with Gasteiger partial charge in [0.05, 0.1) is 19.1 Å². The van der Waals surface area contributed by atoms with Crippen LogP contribution in [0.1, 0.15) is 30.1 Å². The van der Waals surface area contributed by atoms with Crippen molar-refractivity contribution in [1.82, 2.24) is 15.0 Å². The molecule has 0 bridgehead atoms. The minimum absolute atomic E-state index is 0.0214. The predicted octanol–water partition coefficient (Wildman–Crippen LogP) is 3.83. The Morgan fingerprint density at radius 2 is 2.03 bits per heavy atom. The molecule has 0 N–H and O–H groups in total. The fourth-order valence-electron chi connectivity index (χ4n) is 3.63. The van der Waals surface area contributed by atoms with E-state index in [1.807, 2.05) is 29.2 Å². The van der Waals surface area contributed by atoms with Crippen molar-refractivity contribution in [2.75, 3.05) is 20.2 Å². The minimum atomic E-state index is -0.304. The third-order valence-corrected chi connectivity index (χ3v) is 5.19. The molecule has 1 saturated heterocycles. The Labute approximate surface area is 168 Å². The number of hydrogen-bond acceptors (Lipinski definition) is 5. The number of methoxy groups -OCH3 is 1. The molecule has 29 heavy (non-hydrogen) atoms. The van der Waals surface area contributed by atoms with E-state index in [-0.39, 0.29) is 24.1 Å². The summed E-state index contributed by atoms with van der Waals surface area (Å²) >= 11 is 0. The number of carbonyl (C=O) groups is 1. The molecule has 150 valence electrons. The summed E-state index contributed by atoms with van der Waals surface area (Å²) < 4.78 is 23.9. The lowest BCUT2D eigenvalue weighted by Crippen LogP contribution is -2.40. The number of aromatic nitrogens is 2. The average molecular weight is 395 g/mol. The van der Waals surface area contributed by atoms with E-state index in [1.165, 1.54) is 12.1 Å². The van der Waals surface area contributed by atoms with Gasteiger partial charge in [-0.3, -0.25) is 4.79 Å². The highest BCUT2D eigenvalue weighted by molar-refractivity contribution is 5.79. The lowest BCUT2D eigenvalue weighted by Gasteiger charge is -2.31. The van der Waals surface area contributed by atoms with Gasteiger partial charge in [0, 0.05) is 19.0 Å². The first-order valence-electron chi connectivity index (χ1n) is 9.63. The molecular weight excluding hydrogens is 373 g/mol. The average Bonchev–Trinajstić information content (AvgIpc) is 3.25. The zero-order chi connectivity index (χ0) is 20.2. The van der Waals surface area contributed by atoms with Gasteiger partial charge in [0.1, 0.15) is 11.6 Å². The summed E-state index contributed by atoms with van der Waals surface area (Å²) in [6.45, 7) is 1.25. The molecule has 0 unspecified atom stereocenters. The van der Waals surface area contributed by atoms with Gasteiger partial charge in [-0.15, -0.1) is 0 Å². The highest BCUT2D eigenvalue weighted by Crippen LogP contribution is 2.31. The van der Waals surface area contributed by atoms with Gasteiger partial charge in [0.25, 0.3) is 5.89 Å². The molecule has 4 rings (SSSR count). The maximum Gasteiger partial charge on any atom is 0.261 e. The molecule has 1 aliphatic heterocycles. The van der Waals surface area contributed by atoms with Crippen molar-refractivity contribution in [2.45, 2.75) is 25.2 Å². The van der Waals surface area contributed by atoms with Gasteiger partial charge in [-0.25, -0.2) is 4.39 Å². The van der Waals surface area contributed by atoms with E-state index in [2.05, 4.69) is 10.1 Å². The van der Waals surface area contributed by atoms with E-state index in [9.17, 15) is 9.18 Å². The van der Waals surface area contributed by atoms with Crippen molar-refractivity contribution in [1.29, 1.82) is 0 Å². The van der Waals surface area contributed by atoms with Crippen LogP contribution in [0.15, 0.2) is 53.1 Å². The fraction of sp³-hybridized carbons (Fsp3) is 0.318. The zero-order valence-electron chi connectivity index (χ0n) is 16.2. The second kappa shape index (κ2) is 8.43. The van der Waals surface area contributed by atoms with E-state index in [4.69, 9.17) is 9.26 Å². The van der Waals surface area contributed by atoms with Crippen molar-refractivity contribution in [3.05, 3.63) is 65.7 Å². The number of carbonyl (C=O) groups excluding carboxylic acids is 1. The smallest absolute Gasteiger partial charge is 0.261 e. The first-order chi connectivity index (χ1) is 14.1. The summed E-state index contributed by atoms with van der Waals surface area (Å²) in [5, 5.41) is 4.16. The molecular formula is C22H22FN3O3. The van der Waals surface area contributed by atoms with Crippen LogP contribution in [-0.2, 0) is 11.2 Å². The Bertz CT molecular complexity index is 987. The van der Waals surface area contributed by atoms with Gasteiger partial charge in [-0.05, 0) is 42.7 Å². The molecule has 2 heterocycles. The summed E-state index contributed by atoms with van der Waals surface area (Å²) in [7, 11) is 1.60. The molecule has 1 amide bonds. The lowest BCUT2D eigenvalue weighted by molar-refractivity contribution is -0.131. The fourth-order valence-corrected chi connectivity index (χ4v) is 3.63. The molecule has 1 aliphatic rings. The molecule has 3 aromatic rings. The summed E-state index contributed by atoms with van der Waals surface area (Å²) in [5.74, 6) is 1.42. The van der Waals surface area contributed by atoms with Crippen LogP contribution in [0, 0.1) is 5.82 Å². The maximum atomic E-state index is 13.1. The lowest BCUT2D eigenvalue weighted by atomic mass is 9.96. The number of hydrogen-bond donors (Lipinski definition) is 0. The molecule has 1 aromatic heterocycles. The minimum Gasteiger partial charge on any atom is -0.496 e. The first kappa shape index (κ1) is 19.1. The van der Waals surface area contributed by atoms with E-state index in [0.717, 1.165) is 24.0 Å². The van der Waals surface area contributed by atoms with Crippen LogP contribution in [0.25, 0.3) is 11.5 Å².